The highest BCUT2D eigenvalue weighted by Gasteiger charge is 2.18. The molecule has 0 unspecified atom stereocenters. The number of benzene rings is 2. The largest absolute Gasteiger partial charge is 0.489 e. The van der Waals surface area contributed by atoms with E-state index >= 15 is 0 Å². The molecule has 0 atom stereocenters. The SMILES string of the molecule is CSc1cc(B(O)O)c2ccccc2c1F. The first-order valence-corrected chi connectivity index (χ1v) is 5.99. The molecule has 0 aliphatic heterocycles. The number of thioether (sulfide) groups is 1. The molecule has 2 rings (SSSR count). The standard InChI is InChI=1S/C11H10BFO2S/c1-16-10-6-9(12(14)15)7-4-2-3-5-8(7)11(10)13/h2-6,14-15H,1H3. The number of hydrogen-bond donors (Lipinski definition) is 2. The van der Waals surface area contributed by atoms with Crippen LogP contribution in [0.2, 0.25) is 0 Å². The lowest BCUT2D eigenvalue weighted by Crippen LogP contribution is -2.31. The summed E-state index contributed by atoms with van der Waals surface area (Å²) in [6.07, 6.45) is 1.75. The van der Waals surface area contributed by atoms with Gasteiger partial charge < -0.3 is 10.0 Å². The van der Waals surface area contributed by atoms with Gasteiger partial charge >= 0.3 is 7.12 Å². The topological polar surface area (TPSA) is 40.5 Å². The van der Waals surface area contributed by atoms with Gasteiger partial charge in [0, 0.05) is 10.3 Å². The minimum absolute atomic E-state index is 0.312. The van der Waals surface area contributed by atoms with E-state index in [4.69, 9.17) is 0 Å². The Morgan fingerprint density at radius 3 is 2.38 bits per heavy atom. The van der Waals surface area contributed by atoms with Crippen molar-refractivity contribution in [3.05, 3.63) is 36.1 Å². The third-order valence-corrected chi connectivity index (χ3v) is 3.21. The molecule has 0 saturated carbocycles. The van der Waals surface area contributed by atoms with Gasteiger partial charge in [-0.25, -0.2) is 4.39 Å². The maximum atomic E-state index is 13.9. The minimum atomic E-state index is -1.59. The zero-order valence-corrected chi connectivity index (χ0v) is 9.46. The van der Waals surface area contributed by atoms with Gasteiger partial charge in [-0.3, -0.25) is 0 Å². The number of hydrogen-bond acceptors (Lipinski definition) is 3. The van der Waals surface area contributed by atoms with E-state index in [1.807, 2.05) is 0 Å². The molecule has 2 N–H and O–H groups in total. The first-order valence-electron chi connectivity index (χ1n) is 4.76. The summed E-state index contributed by atoms with van der Waals surface area (Å²) in [7, 11) is -1.59. The summed E-state index contributed by atoms with van der Waals surface area (Å²) in [5.74, 6) is -0.312. The van der Waals surface area contributed by atoms with Crippen molar-refractivity contribution in [1.29, 1.82) is 0 Å². The molecule has 0 fully saturated rings. The molecule has 5 heteroatoms. The molecule has 0 amide bonds. The third kappa shape index (κ3) is 1.82. The van der Waals surface area contributed by atoms with Crippen molar-refractivity contribution in [1.82, 2.24) is 0 Å². The van der Waals surface area contributed by atoms with E-state index in [-0.39, 0.29) is 5.82 Å². The first kappa shape index (κ1) is 11.5. The van der Waals surface area contributed by atoms with Crippen LogP contribution in [0.25, 0.3) is 10.8 Å². The van der Waals surface area contributed by atoms with Crippen LogP contribution in [-0.4, -0.2) is 23.4 Å². The van der Waals surface area contributed by atoms with Crippen molar-refractivity contribution in [3.63, 3.8) is 0 Å². The molecule has 2 aromatic carbocycles. The second kappa shape index (κ2) is 4.45. The van der Waals surface area contributed by atoms with Gasteiger partial charge in [-0.2, -0.15) is 0 Å². The van der Waals surface area contributed by atoms with Crippen molar-refractivity contribution in [3.8, 4) is 0 Å². The van der Waals surface area contributed by atoms with Crippen molar-refractivity contribution >= 4 is 35.1 Å². The monoisotopic (exact) mass is 236 g/mol. The van der Waals surface area contributed by atoms with E-state index in [9.17, 15) is 14.4 Å². The van der Waals surface area contributed by atoms with E-state index in [0.717, 1.165) is 0 Å². The van der Waals surface area contributed by atoms with Crippen LogP contribution in [0.5, 0.6) is 0 Å². The molecule has 0 aliphatic carbocycles. The van der Waals surface area contributed by atoms with Crippen LogP contribution >= 0.6 is 11.8 Å². The molecule has 0 saturated heterocycles. The molecule has 2 nitrogen and oxygen atoms in total. The lowest BCUT2D eigenvalue weighted by molar-refractivity contribution is 0.426. The Balaban J connectivity index is 2.84. The Labute approximate surface area is 97.2 Å². The molecule has 0 radical (unpaired) electrons. The average molecular weight is 236 g/mol. The predicted octanol–water partition coefficient (Wildman–Crippen LogP) is 1.38. The van der Waals surface area contributed by atoms with Gasteiger partial charge in [0.15, 0.2) is 0 Å². The van der Waals surface area contributed by atoms with Gasteiger partial charge in [0.2, 0.25) is 0 Å². The zero-order valence-electron chi connectivity index (χ0n) is 8.64. The van der Waals surface area contributed by atoms with E-state index in [1.54, 1.807) is 30.5 Å². The molecule has 0 spiro atoms. The molecule has 82 valence electrons. The van der Waals surface area contributed by atoms with Crippen LogP contribution in [-0.2, 0) is 0 Å². The van der Waals surface area contributed by atoms with Crippen LogP contribution in [0.4, 0.5) is 4.39 Å². The van der Waals surface area contributed by atoms with Crippen LogP contribution in [0, 0.1) is 5.82 Å². The highest BCUT2D eigenvalue weighted by atomic mass is 32.2. The van der Waals surface area contributed by atoms with Crippen LogP contribution in [0.15, 0.2) is 35.2 Å². The average Bonchev–Trinajstić information content (AvgIpc) is 2.29. The first-order chi connectivity index (χ1) is 7.65. The maximum absolute atomic E-state index is 13.9. The van der Waals surface area contributed by atoms with Gasteiger partial charge in [0.05, 0.1) is 0 Å². The van der Waals surface area contributed by atoms with Crippen LogP contribution in [0.3, 0.4) is 0 Å². The molecule has 0 heterocycles. The van der Waals surface area contributed by atoms with Gasteiger partial charge in [0.1, 0.15) is 5.82 Å². The van der Waals surface area contributed by atoms with Crippen molar-refractivity contribution in [2.45, 2.75) is 4.90 Å². The Morgan fingerprint density at radius 1 is 1.19 bits per heavy atom. The highest BCUT2D eigenvalue weighted by molar-refractivity contribution is 7.98. The van der Waals surface area contributed by atoms with E-state index in [0.29, 0.717) is 21.1 Å². The molecule has 2 aromatic rings. The highest BCUT2D eigenvalue weighted by Crippen LogP contribution is 2.25. The van der Waals surface area contributed by atoms with E-state index < -0.39 is 7.12 Å². The van der Waals surface area contributed by atoms with Crippen molar-refractivity contribution in [2.75, 3.05) is 6.26 Å². The van der Waals surface area contributed by atoms with Gasteiger partial charge in [-0.15, -0.1) is 11.8 Å². The third-order valence-electron chi connectivity index (χ3n) is 2.48. The summed E-state index contributed by atoms with van der Waals surface area (Å²) in [5.41, 5.74) is 0.335. The fourth-order valence-corrected chi connectivity index (χ4v) is 2.24. The van der Waals surface area contributed by atoms with Crippen LogP contribution in [0.1, 0.15) is 0 Å². The van der Waals surface area contributed by atoms with Gasteiger partial charge in [-0.05, 0) is 23.2 Å². The Morgan fingerprint density at radius 2 is 1.81 bits per heavy atom. The predicted molar refractivity (Wildman–Crippen MR) is 65.5 cm³/mol. The maximum Gasteiger partial charge on any atom is 0.489 e. The zero-order chi connectivity index (χ0) is 11.7. The summed E-state index contributed by atoms with van der Waals surface area (Å²) in [5, 5.41) is 19.5. The second-order valence-corrected chi connectivity index (χ2v) is 4.25. The van der Waals surface area contributed by atoms with Crippen LogP contribution < -0.4 is 5.46 Å². The van der Waals surface area contributed by atoms with E-state index in [2.05, 4.69) is 0 Å². The number of fused-ring (bicyclic) bond motifs is 1. The van der Waals surface area contributed by atoms with Gasteiger partial charge in [0.25, 0.3) is 0 Å². The van der Waals surface area contributed by atoms with Crippen molar-refractivity contribution in [2.24, 2.45) is 0 Å². The van der Waals surface area contributed by atoms with Gasteiger partial charge in [-0.1, -0.05) is 24.3 Å². The quantitative estimate of drug-likeness (QED) is 0.611. The van der Waals surface area contributed by atoms with E-state index in [1.165, 1.54) is 17.8 Å². The molecule has 0 aliphatic rings. The Kier molecular flexibility index (Phi) is 3.19. The summed E-state index contributed by atoms with van der Waals surface area (Å²) >= 11 is 1.24. The molecule has 0 aromatic heterocycles. The number of rotatable bonds is 2. The molecular formula is C11H10BFO2S. The lowest BCUT2D eigenvalue weighted by Gasteiger charge is -2.09. The van der Waals surface area contributed by atoms with Crippen molar-refractivity contribution < 1.29 is 14.4 Å². The minimum Gasteiger partial charge on any atom is -0.423 e. The summed E-state index contributed by atoms with van der Waals surface area (Å²) < 4.78 is 13.9. The summed E-state index contributed by atoms with van der Waals surface area (Å²) in [6.45, 7) is 0. The molecular weight excluding hydrogens is 226 g/mol. The Bertz CT molecular complexity index is 531. The summed E-state index contributed by atoms with van der Waals surface area (Å²) in [4.78, 5) is 0.418. The normalized spacial score (nSPS) is 10.8. The summed E-state index contributed by atoms with van der Waals surface area (Å²) in [6, 6.07) is 8.26. The smallest absolute Gasteiger partial charge is 0.423 e. The molecule has 0 bridgehead atoms. The fraction of sp³-hybridized carbons (Fsp3) is 0.0909. The second-order valence-electron chi connectivity index (χ2n) is 3.40. The fourth-order valence-electron chi connectivity index (χ4n) is 1.70. The molecule has 16 heavy (non-hydrogen) atoms. The lowest BCUT2D eigenvalue weighted by atomic mass is 9.77. The Hall–Kier alpha value is -1.04. The number of halogens is 1.